The van der Waals surface area contributed by atoms with Crippen LogP contribution in [0.5, 0.6) is 0 Å². The van der Waals surface area contributed by atoms with Crippen molar-refractivity contribution >= 4 is 38.3 Å². The fourth-order valence-electron chi connectivity index (χ4n) is 8.56. The van der Waals surface area contributed by atoms with Crippen molar-refractivity contribution < 1.29 is 0 Å². The monoisotopic (exact) mass is 659 g/mol. The molecule has 0 saturated heterocycles. The first-order valence-electron chi connectivity index (χ1n) is 18.0. The largest absolute Gasteiger partial charge is 0.388 e. The topological polar surface area (TPSA) is 29.0 Å². The van der Waals surface area contributed by atoms with Crippen molar-refractivity contribution in [3.05, 3.63) is 192 Å². The van der Waals surface area contributed by atoms with Crippen LogP contribution in [0.25, 0.3) is 55.1 Å². The third kappa shape index (κ3) is 5.08. The molecule has 0 saturated carbocycles. The Kier molecular flexibility index (Phi) is 7.60. The molecule has 1 heterocycles. The van der Waals surface area contributed by atoms with Gasteiger partial charge in [-0.05, 0) is 68.6 Å². The van der Waals surface area contributed by atoms with E-state index in [9.17, 15) is 0 Å². The Balaban J connectivity index is 1.20. The minimum absolute atomic E-state index is 0.0145. The molecule has 3 heteroatoms. The van der Waals surface area contributed by atoms with Gasteiger partial charge in [-0.2, -0.15) is 0 Å². The number of para-hydroxylation sites is 1. The summed E-state index contributed by atoms with van der Waals surface area (Å²) in [4.78, 5) is 0. The number of hydrogen-bond donors (Lipinski definition) is 2. The Bertz CT molecular complexity index is 2590. The number of benzene rings is 7. The van der Waals surface area contributed by atoms with Gasteiger partial charge in [0, 0.05) is 46.6 Å². The van der Waals surface area contributed by atoms with Crippen molar-refractivity contribution in [2.75, 3.05) is 7.05 Å². The summed E-state index contributed by atoms with van der Waals surface area (Å²) in [5.74, 6) is 0. The second-order valence-electron chi connectivity index (χ2n) is 14.2. The molecule has 1 aromatic heterocycles. The Morgan fingerprint density at radius 2 is 1.35 bits per heavy atom. The third-order valence-corrected chi connectivity index (χ3v) is 10.9. The molecule has 0 bridgehead atoms. The quantitative estimate of drug-likeness (QED) is 0.170. The zero-order valence-electron chi connectivity index (χ0n) is 29.3. The van der Waals surface area contributed by atoms with Crippen LogP contribution in [0.4, 0.5) is 0 Å². The maximum absolute atomic E-state index is 3.89. The third-order valence-electron chi connectivity index (χ3n) is 10.9. The van der Waals surface area contributed by atoms with Crippen molar-refractivity contribution in [3.8, 4) is 16.8 Å². The van der Waals surface area contributed by atoms with E-state index >= 15 is 0 Å². The highest BCUT2D eigenvalue weighted by molar-refractivity contribution is 6.26. The molecule has 0 fully saturated rings. The Morgan fingerprint density at radius 3 is 2.14 bits per heavy atom. The van der Waals surface area contributed by atoms with Crippen LogP contribution in [-0.4, -0.2) is 11.6 Å². The molecule has 8 aromatic rings. The van der Waals surface area contributed by atoms with Gasteiger partial charge in [-0.3, -0.25) is 0 Å². The number of hydrogen-bond acceptors (Lipinski definition) is 2. The second-order valence-corrected chi connectivity index (χ2v) is 14.2. The molecular weight excluding hydrogens is 619 g/mol. The molecule has 0 spiro atoms. The zero-order chi connectivity index (χ0) is 34.5. The van der Waals surface area contributed by atoms with E-state index < -0.39 is 0 Å². The summed E-state index contributed by atoms with van der Waals surface area (Å²) in [7, 11) is 1.99. The van der Waals surface area contributed by atoms with Gasteiger partial charge >= 0.3 is 0 Å². The van der Waals surface area contributed by atoms with E-state index in [4.69, 9.17) is 0 Å². The normalized spacial score (nSPS) is 14.1. The molecule has 1 atom stereocenters. The number of nitrogens with zero attached hydrogens (tertiary/aromatic N) is 1. The van der Waals surface area contributed by atoms with Crippen LogP contribution in [0.3, 0.4) is 0 Å². The lowest BCUT2D eigenvalue weighted by Gasteiger charge is -2.24. The summed E-state index contributed by atoms with van der Waals surface area (Å²) in [5.41, 5.74) is 13.9. The van der Waals surface area contributed by atoms with Gasteiger partial charge < -0.3 is 15.2 Å². The smallest absolute Gasteiger partial charge is 0.0625 e. The molecule has 1 unspecified atom stereocenters. The Hall–Kier alpha value is -5.90. The average Bonchev–Trinajstić information content (AvgIpc) is 3.65. The lowest BCUT2D eigenvalue weighted by atomic mass is 9.79. The first kappa shape index (κ1) is 31.1. The molecule has 0 radical (unpaired) electrons. The molecule has 9 rings (SSSR count). The molecular formula is C48H41N3. The Labute approximate surface area is 299 Å². The maximum atomic E-state index is 3.89. The van der Waals surface area contributed by atoms with Crippen LogP contribution < -0.4 is 10.6 Å². The molecule has 248 valence electrons. The van der Waals surface area contributed by atoms with Crippen molar-refractivity contribution in [1.29, 1.82) is 0 Å². The van der Waals surface area contributed by atoms with Crippen molar-refractivity contribution in [3.63, 3.8) is 0 Å². The minimum Gasteiger partial charge on any atom is -0.388 e. The van der Waals surface area contributed by atoms with Crippen LogP contribution >= 0.6 is 0 Å². The van der Waals surface area contributed by atoms with Crippen LogP contribution in [-0.2, 0) is 12.0 Å². The molecule has 3 nitrogen and oxygen atoms in total. The van der Waals surface area contributed by atoms with Gasteiger partial charge in [-0.25, -0.2) is 0 Å². The van der Waals surface area contributed by atoms with Crippen LogP contribution in [0.15, 0.2) is 164 Å². The summed E-state index contributed by atoms with van der Waals surface area (Å²) in [6.45, 7) is 5.50. The summed E-state index contributed by atoms with van der Waals surface area (Å²) < 4.78 is 2.51. The van der Waals surface area contributed by atoms with Gasteiger partial charge in [-0.15, -0.1) is 0 Å². The number of fused-ring (bicyclic) bond motifs is 10. The first-order chi connectivity index (χ1) is 25.0. The lowest BCUT2D eigenvalue weighted by molar-refractivity contribution is 0.620. The predicted molar refractivity (Wildman–Crippen MR) is 215 cm³/mol. The second kappa shape index (κ2) is 12.5. The predicted octanol–water partition coefficient (Wildman–Crippen LogP) is 11.3. The fourth-order valence-corrected chi connectivity index (χ4v) is 8.56. The van der Waals surface area contributed by atoms with Gasteiger partial charge in [0.15, 0.2) is 0 Å². The summed E-state index contributed by atoms with van der Waals surface area (Å²) in [6.07, 6.45) is 2.30. The van der Waals surface area contributed by atoms with Crippen molar-refractivity contribution in [2.24, 2.45) is 0 Å². The van der Waals surface area contributed by atoms with Gasteiger partial charge in [-0.1, -0.05) is 153 Å². The van der Waals surface area contributed by atoms with E-state index in [1.807, 2.05) is 7.05 Å². The maximum Gasteiger partial charge on any atom is 0.0625 e. The van der Waals surface area contributed by atoms with E-state index in [1.54, 1.807) is 0 Å². The first-order valence-corrected chi connectivity index (χ1v) is 18.0. The van der Waals surface area contributed by atoms with Gasteiger partial charge in [0.2, 0.25) is 0 Å². The van der Waals surface area contributed by atoms with Crippen LogP contribution in [0, 0.1) is 0 Å². The molecule has 1 aliphatic rings. The van der Waals surface area contributed by atoms with Gasteiger partial charge in [0.25, 0.3) is 0 Å². The highest BCUT2D eigenvalue weighted by atomic mass is 15.0. The summed E-state index contributed by atoms with van der Waals surface area (Å²) >= 11 is 0. The minimum atomic E-state index is -0.105. The van der Waals surface area contributed by atoms with Crippen LogP contribution in [0.2, 0.25) is 0 Å². The lowest BCUT2D eigenvalue weighted by Crippen LogP contribution is -2.21. The van der Waals surface area contributed by atoms with Crippen LogP contribution in [0.1, 0.15) is 47.7 Å². The van der Waals surface area contributed by atoms with Gasteiger partial charge in [0.05, 0.1) is 17.1 Å². The SMILES string of the molecule is CN/C(=C\C(NCc1cccc(-n2c3ccccc3c3c4c(c5ccccc5c32)C(C)(C)c2ccccc2-4)c1)c1ccccc1)c1ccccc1. The zero-order valence-corrected chi connectivity index (χ0v) is 29.3. The number of nitrogens with one attached hydrogen (secondary N) is 2. The molecule has 7 aromatic carbocycles. The van der Waals surface area contributed by atoms with E-state index in [2.05, 4.69) is 193 Å². The highest BCUT2D eigenvalue weighted by Crippen LogP contribution is 2.56. The summed E-state index contributed by atoms with van der Waals surface area (Å²) in [6, 6.07) is 57.3. The highest BCUT2D eigenvalue weighted by Gasteiger charge is 2.39. The van der Waals surface area contributed by atoms with Gasteiger partial charge in [0.1, 0.15) is 0 Å². The van der Waals surface area contributed by atoms with E-state index in [-0.39, 0.29) is 11.5 Å². The molecule has 2 N–H and O–H groups in total. The van der Waals surface area contributed by atoms with E-state index in [0.717, 1.165) is 5.70 Å². The molecule has 0 amide bonds. The number of aromatic nitrogens is 1. The molecule has 0 aliphatic heterocycles. The van der Waals surface area contributed by atoms with Crippen molar-refractivity contribution in [1.82, 2.24) is 15.2 Å². The number of rotatable bonds is 8. The fraction of sp³-hybridized carbons (Fsp3) is 0.125. The van der Waals surface area contributed by atoms with E-state index in [1.165, 1.54) is 77.2 Å². The average molecular weight is 660 g/mol. The molecule has 51 heavy (non-hydrogen) atoms. The van der Waals surface area contributed by atoms with Crippen molar-refractivity contribution in [2.45, 2.75) is 31.8 Å². The van der Waals surface area contributed by atoms with E-state index in [0.29, 0.717) is 6.54 Å². The summed E-state index contributed by atoms with van der Waals surface area (Å²) in [5, 5.41) is 12.6. The molecule has 1 aliphatic carbocycles. The Morgan fingerprint density at radius 1 is 0.686 bits per heavy atom. The standard InChI is InChI=1S/C48H41N3/c1-48(2)40-27-14-12-25-38(40)44-45-39-26-13-15-28-43(39)51(47(45)37-24-11-10-23-36(37)46(44)48)35-22-16-17-32(29-35)31-50-42(34-20-8-5-9-21-34)30-41(49-3)33-18-6-4-7-19-33/h4-30,42,49-50H,31H2,1-3H3/b41-30-.